The average Bonchev–Trinajstić information content (AvgIpc) is 2.70. The highest BCUT2D eigenvalue weighted by Gasteiger charge is 2.42. The van der Waals surface area contributed by atoms with Crippen LogP contribution in [0.4, 0.5) is 0 Å². The number of carboxylic acids is 1. The first-order valence-corrected chi connectivity index (χ1v) is 9.61. The van der Waals surface area contributed by atoms with E-state index in [9.17, 15) is 19.5 Å². The van der Waals surface area contributed by atoms with Gasteiger partial charge < -0.3 is 10.4 Å². The molecule has 1 aromatic heterocycles. The van der Waals surface area contributed by atoms with Gasteiger partial charge in [-0.15, -0.1) is 0 Å². The standard InChI is InChI=1S/C21H25N3O4/c1-2-15-10-12-21(13-11-15,20(27)28)22-18(25)14-24-19(26)9-8-17(23-24)16-6-4-3-5-7-16/h3-9,15H,2,10-14H2,1H3,(H,22,25)(H,27,28). The maximum atomic E-state index is 12.6. The lowest BCUT2D eigenvalue weighted by molar-refractivity contribution is -0.150. The van der Waals surface area contributed by atoms with Crippen LogP contribution in [-0.4, -0.2) is 32.3 Å². The van der Waals surface area contributed by atoms with Gasteiger partial charge in [-0.3, -0.25) is 9.59 Å². The van der Waals surface area contributed by atoms with Crippen molar-refractivity contribution in [2.75, 3.05) is 0 Å². The summed E-state index contributed by atoms with van der Waals surface area (Å²) >= 11 is 0. The van der Waals surface area contributed by atoms with E-state index in [2.05, 4.69) is 17.3 Å². The lowest BCUT2D eigenvalue weighted by Crippen LogP contribution is -2.57. The number of nitrogens with one attached hydrogen (secondary N) is 1. The van der Waals surface area contributed by atoms with Crippen molar-refractivity contribution in [3.05, 3.63) is 52.8 Å². The molecule has 1 saturated carbocycles. The third-order valence-corrected chi connectivity index (χ3v) is 5.55. The number of hydrogen-bond donors (Lipinski definition) is 2. The smallest absolute Gasteiger partial charge is 0.329 e. The van der Waals surface area contributed by atoms with Crippen LogP contribution >= 0.6 is 0 Å². The average molecular weight is 383 g/mol. The van der Waals surface area contributed by atoms with Gasteiger partial charge in [0.15, 0.2) is 0 Å². The van der Waals surface area contributed by atoms with Crippen LogP contribution in [0.25, 0.3) is 11.3 Å². The van der Waals surface area contributed by atoms with Crippen LogP contribution in [0, 0.1) is 5.92 Å². The van der Waals surface area contributed by atoms with E-state index in [0.29, 0.717) is 24.5 Å². The van der Waals surface area contributed by atoms with Crippen molar-refractivity contribution in [1.29, 1.82) is 0 Å². The second kappa shape index (κ2) is 8.37. The zero-order chi connectivity index (χ0) is 20.1. The number of carbonyl (C=O) groups excluding carboxylic acids is 1. The Hall–Kier alpha value is -2.96. The topological polar surface area (TPSA) is 101 Å². The Morgan fingerprint density at radius 1 is 1.18 bits per heavy atom. The summed E-state index contributed by atoms with van der Waals surface area (Å²) in [4.78, 5) is 36.6. The number of hydrogen-bond acceptors (Lipinski definition) is 4. The van der Waals surface area contributed by atoms with E-state index in [1.807, 2.05) is 30.3 Å². The van der Waals surface area contributed by atoms with Gasteiger partial charge in [0.2, 0.25) is 5.91 Å². The summed E-state index contributed by atoms with van der Waals surface area (Å²) in [5, 5.41) is 16.6. The third kappa shape index (κ3) is 4.30. The minimum atomic E-state index is -1.26. The molecule has 0 saturated heterocycles. The van der Waals surface area contributed by atoms with Gasteiger partial charge in [-0.05, 0) is 37.7 Å². The fraction of sp³-hybridized carbons (Fsp3) is 0.429. The van der Waals surface area contributed by atoms with Crippen molar-refractivity contribution in [3.8, 4) is 11.3 Å². The molecule has 1 aromatic carbocycles. The van der Waals surface area contributed by atoms with E-state index in [1.54, 1.807) is 6.07 Å². The van der Waals surface area contributed by atoms with Crippen molar-refractivity contribution < 1.29 is 14.7 Å². The normalized spacial score (nSPS) is 21.8. The Morgan fingerprint density at radius 3 is 2.46 bits per heavy atom. The van der Waals surface area contributed by atoms with Gasteiger partial charge in [0, 0.05) is 11.6 Å². The van der Waals surface area contributed by atoms with Crippen LogP contribution in [0.1, 0.15) is 39.0 Å². The number of nitrogens with zero attached hydrogens (tertiary/aromatic N) is 2. The molecule has 1 fully saturated rings. The number of carboxylic acid groups (broad SMARTS) is 1. The van der Waals surface area contributed by atoms with Crippen molar-refractivity contribution in [2.24, 2.45) is 5.92 Å². The Morgan fingerprint density at radius 2 is 1.86 bits per heavy atom. The summed E-state index contributed by atoms with van der Waals surface area (Å²) in [6, 6.07) is 12.3. The summed E-state index contributed by atoms with van der Waals surface area (Å²) in [5.74, 6) is -1.04. The number of aromatic nitrogens is 2. The summed E-state index contributed by atoms with van der Waals surface area (Å²) in [7, 11) is 0. The Labute approximate surface area is 163 Å². The van der Waals surface area contributed by atoms with E-state index in [1.165, 1.54) is 6.07 Å². The lowest BCUT2D eigenvalue weighted by Gasteiger charge is -2.37. The van der Waals surface area contributed by atoms with Crippen LogP contribution < -0.4 is 10.9 Å². The second-order valence-electron chi connectivity index (χ2n) is 7.37. The van der Waals surface area contributed by atoms with Crippen LogP contribution in [-0.2, 0) is 16.1 Å². The molecule has 0 aliphatic heterocycles. The predicted octanol–water partition coefficient (Wildman–Crippen LogP) is 2.45. The van der Waals surface area contributed by atoms with Gasteiger partial charge in [-0.25, -0.2) is 9.48 Å². The molecule has 7 nitrogen and oxygen atoms in total. The maximum Gasteiger partial charge on any atom is 0.329 e. The maximum absolute atomic E-state index is 12.6. The van der Waals surface area contributed by atoms with Crippen molar-refractivity contribution in [3.63, 3.8) is 0 Å². The first-order valence-electron chi connectivity index (χ1n) is 9.61. The molecular weight excluding hydrogens is 358 g/mol. The number of benzene rings is 1. The fourth-order valence-electron chi connectivity index (χ4n) is 3.74. The summed E-state index contributed by atoms with van der Waals surface area (Å²) < 4.78 is 1.07. The molecule has 2 N–H and O–H groups in total. The lowest BCUT2D eigenvalue weighted by atomic mass is 9.75. The monoisotopic (exact) mass is 383 g/mol. The van der Waals surface area contributed by atoms with Crippen molar-refractivity contribution >= 4 is 11.9 Å². The van der Waals surface area contributed by atoms with Gasteiger partial charge in [0.05, 0.1) is 5.69 Å². The van der Waals surface area contributed by atoms with Crippen LogP contribution in [0.2, 0.25) is 0 Å². The minimum absolute atomic E-state index is 0.314. The highest BCUT2D eigenvalue weighted by atomic mass is 16.4. The molecule has 0 spiro atoms. The summed E-state index contributed by atoms with van der Waals surface area (Å²) in [6.07, 6.45) is 3.35. The molecule has 148 valence electrons. The van der Waals surface area contributed by atoms with Gasteiger partial charge in [-0.1, -0.05) is 43.7 Å². The summed E-state index contributed by atoms with van der Waals surface area (Å²) in [6.45, 7) is 1.78. The molecule has 2 aromatic rings. The van der Waals surface area contributed by atoms with Crippen LogP contribution in [0.5, 0.6) is 0 Å². The van der Waals surface area contributed by atoms with Crippen molar-refractivity contribution in [1.82, 2.24) is 15.1 Å². The molecule has 1 heterocycles. The zero-order valence-electron chi connectivity index (χ0n) is 15.9. The number of amides is 1. The molecule has 0 unspecified atom stereocenters. The highest BCUT2D eigenvalue weighted by Crippen LogP contribution is 2.34. The molecule has 3 rings (SSSR count). The quantitative estimate of drug-likeness (QED) is 0.798. The molecule has 7 heteroatoms. The number of carbonyl (C=O) groups is 2. The highest BCUT2D eigenvalue weighted by molar-refractivity contribution is 5.87. The second-order valence-corrected chi connectivity index (χ2v) is 7.37. The Bertz CT molecular complexity index is 899. The largest absolute Gasteiger partial charge is 0.480 e. The number of aliphatic carboxylic acids is 1. The molecule has 1 aliphatic rings. The van der Waals surface area contributed by atoms with Gasteiger partial charge in [-0.2, -0.15) is 5.10 Å². The van der Waals surface area contributed by atoms with Crippen molar-refractivity contribution in [2.45, 2.75) is 51.1 Å². The molecule has 0 bridgehead atoms. The third-order valence-electron chi connectivity index (χ3n) is 5.55. The first kappa shape index (κ1) is 19.8. The van der Waals surface area contributed by atoms with E-state index in [-0.39, 0.29) is 6.54 Å². The fourth-order valence-corrected chi connectivity index (χ4v) is 3.74. The van der Waals surface area contributed by atoms with Crippen LogP contribution in [0.3, 0.4) is 0 Å². The SMILES string of the molecule is CCC1CCC(NC(=O)Cn2nc(-c3ccccc3)ccc2=O)(C(=O)O)CC1. The zero-order valence-corrected chi connectivity index (χ0v) is 15.9. The van der Waals surface area contributed by atoms with Gasteiger partial charge in [0.1, 0.15) is 12.1 Å². The molecule has 0 atom stereocenters. The molecule has 1 amide bonds. The molecule has 0 radical (unpaired) electrons. The summed E-state index contributed by atoms with van der Waals surface area (Å²) in [5.41, 5.74) is -0.265. The Balaban J connectivity index is 1.75. The van der Waals surface area contributed by atoms with Crippen LogP contribution in [0.15, 0.2) is 47.3 Å². The minimum Gasteiger partial charge on any atom is -0.480 e. The first-order chi connectivity index (χ1) is 13.4. The van der Waals surface area contributed by atoms with E-state index < -0.39 is 23.0 Å². The van der Waals surface area contributed by atoms with Gasteiger partial charge >= 0.3 is 5.97 Å². The van der Waals surface area contributed by atoms with Gasteiger partial charge in [0.25, 0.3) is 5.56 Å². The Kier molecular flexibility index (Phi) is 5.92. The molecule has 1 aliphatic carbocycles. The molecular formula is C21H25N3O4. The number of rotatable bonds is 6. The van der Waals surface area contributed by atoms with E-state index in [4.69, 9.17) is 0 Å². The van der Waals surface area contributed by atoms with E-state index in [0.717, 1.165) is 29.5 Å². The predicted molar refractivity (Wildman–Crippen MR) is 105 cm³/mol. The van der Waals surface area contributed by atoms with E-state index >= 15 is 0 Å². The molecule has 28 heavy (non-hydrogen) atoms.